The van der Waals surface area contributed by atoms with Crippen molar-refractivity contribution in [1.82, 2.24) is 10.2 Å². The first-order valence-electron chi connectivity index (χ1n) is 7.88. The maximum absolute atomic E-state index is 11.9. The number of rotatable bonds is 5. The fourth-order valence-electron chi connectivity index (χ4n) is 2.54. The monoisotopic (exact) mass is 317 g/mol. The van der Waals surface area contributed by atoms with Crippen molar-refractivity contribution in [2.45, 2.75) is 33.1 Å². The zero-order chi connectivity index (χ0) is 16.8. The molecule has 0 saturated carbocycles. The van der Waals surface area contributed by atoms with Crippen LogP contribution in [0.15, 0.2) is 18.2 Å². The van der Waals surface area contributed by atoms with Gasteiger partial charge >= 0.3 is 0 Å². The molecular formula is C17H23N3O3. The van der Waals surface area contributed by atoms with Crippen LogP contribution in [0.4, 0.5) is 5.69 Å². The number of aryl methyl sites for hydroxylation is 1. The molecule has 1 aromatic rings. The summed E-state index contributed by atoms with van der Waals surface area (Å²) < 4.78 is 0. The van der Waals surface area contributed by atoms with Gasteiger partial charge in [-0.2, -0.15) is 0 Å². The Labute approximate surface area is 136 Å². The Kier molecular flexibility index (Phi) is 5.73. The van der Waals surface area contributed by atoms with Gasteiger partial charge in [-0.15, -0.1) is 0 Å². The lowest BCUT2D eigenvalue weighted by Gasteiger charge is -2.15. The molecule has 0 bridgehead atoms. The Morgan fingerprint density at radius 2 is 1.78 bits per heavy atom. The van der Waals surface area contributed by atoms with Crippen LogP contribution >= 0.6 is 0 Å². The fourth-order valence-corrected chi connectivity index (χ4v) is 2.54. The number of carbonyl (C=O) groups excluding carboxylic acids is 3. The highest BCUT2D eigenvalue weighted by Gasteiger charge is 2.19. The molecule has 1 heterocycles. The second-order valence-electron chi connectivity index (χ2n) is 5.84. The molecule has 0 spiro atoms. The molecule has 1 saturated heterocycles. The Hall–Kier alpha value is -2.37. The Balaban J connectivity index is 1.77. The minimum Gasteiger partial charge on any atom is -0.347 e. The first-order valence-corrected chi connectivity index (χ1v) is 7.88. The molecule has 0 radical (unpaired) electrons. The third-order valence-corrected chi connectivity index (χ3v) is 4.10. The number of nitrogens with zero attached hydrogens (tertiary/aromatic N) is 1. The second-order valence-corrected chi connectivity index (χ2v) is 5.84. The second kappa shape index (κ2) is 7.76. The van der Waals surface area contributed by atoms with Gasteiger partial charge in [0.2, 0.25) is 17.7 Å². The molecule has 0 aromatic heterocycles. The number of hydrogen-bond acceptors (Lipinski definition) is 3. The fraction of sp³-hybridized carbons (Fsp3) is 0.471. The summed E-state index contributed by atoms with van der Waals surface area (Å²) in [6.45, 7) is 5.33. The lowest BCUT2D eigenvalue weighted by molar-refractivity contribution is -0.133. The molecule has 0 unspecified atom stereocenters. The van der Waals surface area contributed by atoms with Crippen molar-refractivity contribution in [3.05, 3.63) is 29.3 Å². The van der Waals surface area contributed by atoms with Gasteiger partial charge in [0.05, 0.1) is 6.54 Å². The van der Waals surface area contributed by atoms with Gasteiger partial charge < -0.3 is 15.5 Å². The van der Waals surface area contributed by atoms with Gasteiger partial charge in [-0.25, -0.2) is 0 Å². The van der Waals surface area contributed by atoms with Gasteiger partial charge in [-0.3, -0.25) is 14.4 Å². The first-order chi connectivity index (χ1) is 11.0. The summed E-state index contributed by atoms with van der Waals surface area (Å²) in [6, 6.07) is 5.61. The van der Waals surface area contributed by atoms with Crippen LogP contribution < -0.4 is 10.6 Å². The summed E-state index contributed by atoms with van der Waals surface area (Å²) >= 11 is 0. The highest BCUT2D eigenvalue weighted by atomic mass is 16.2. The Morgan fingerprint density at radius 3 is 2.48 bits per heavy atom. The smallest absolute Gasteiger partial charge is 0.241 e. The van der Waals surface area contributed by atoms with Crippen molar-refractivity contribution >= 4 is 23.4 Å². The maximum Gasteiger partial charge on any atom is 0.241 e. The molecule has 1 aliphatic rings. The lowest BCUT2D eigenvalue weighted by Crippen LogP contribution is -2.39. The lowest BCUT2D eigenvalue weighted by atomic mass is 10.1. The number of amides is 3. The molecule has 2 rings (SSSR count). The van der Waals surface area contributed by atoms with E-state index >= 15 is 0 Å². The third-order valence-electron chi connectivity index (χ3n) is 4.10. The van der Waals surface area contributed by atoms with Crippen LogP contribution in [0.5, 0.6) is 0 Å². The SMILES string of the molecule is Cc1cccc(NC(=O)CC(=O)NCC(=O)N2CCCC2)c1C. The highest BCUT2D eigenvalue weighted by molar-refractivity contribution is 6.04. The molecular weight excluding hydrogens is 294 g/mol. The molecule has 0 atom stereocenters. The van der Waals surface area contributed by atoms with Gasteiger partial charge in [0.25, 0.3) is 0 Å². The van der Waals surface area contributed by atoms with E-state index in [9.17, 15) is 14.4 Å². The van der Waals surface area contributed by atoms with Gasteiger partial charge in [0.1, 0.15) is 6.42 Å². The van der Waals surface area contributed by atoms with Gasteiger partial charge in [-0.1, -0.05) is 12.1 Å². The van der Waals surface area contributed by atoms with Gasteiger partial charge in [0, 0.05) is 18.8 Å². The van der Waals surface area contributed by atoms with Crippen LogP contribution in [0.25, 0.3) is 0 Å². The molecule has 1 aliphatic heterocycles. The summed E-state index contributed by atoms with van der Waals surface area (Å²) in [6.07, 6.45) is 1.73. The maximum atomic E-state index is 11.9. The van der Waals surface area contributed by atoms with Crippen LogP contribution in [0.2, 0.25) is 0 Å². The van der Waals surface area contributed by atoms with E-state index in [1.165, 1.54) is 0 Å². The van der Waals surface area contributed by atoms with Crippen LogP contribution in [0.3, 0.4) is 0 Å². The van der Waals surface area contributed by atoms with E-state index in [0.29, 0.717) is 5.69 Å². The van der Waals surface area contributed by atoms with Crippen LogP contribution in [-0.4, -0.2) is 42.3 Å². The number of anilines is 1. The number of carbonyl (C=O) groups is 3. The summed E-state index contributed by atoms with van der Waals surface area (Å²) in [7, 11) is 0. The molecule has 0 aliphatic carbocycles. The molecule has 1 aromatic carbocycles. The van der Waals surface area contributed by atoms with Crippen molar-refractivity contribution in [1.29, 1.82) is 0 Å². The predicted molar refractivity (Wildman–Crippen MR) is 88.0 cm³/mol. The molecule has 6 nitrogen and oxygen atoms in total. The summed E-state index contributed by atoms with van der Waals surface area (Å²) in [5, 5.41) is 5.24. The summed E-state index contributed by atoms with van der Waals surface area (Å²) in [5.74, 6) is -0.920. The van der Waals surface area contributed by atoms with E-state index in [-0.39, 0.29) is 24.8 Å². The van der Waals surface area contributed by atoms with Crippen molar-refractivity contribution < 1.29 is 14.4 Å². The molecule has 2 N–H and O–H groups in total. The Morgan fingerprint density at radius 1 is 1.09 bits per heavy atom. The molecule has 3 amide bonds. The normalized spacial score (nSPS) is 13.7. The minimum absolute atomic E-state index is 0.0460. The van der Waals surface area contributed by atoms with E-state index in [1.807, 2.05) is 26.0 Å². The summed E-state index contributed by atoms with van der Waals surface area (Å²) in [5.41, 5.74) is 2.75. The Bertz CT molecular complexity index is 607. The topological polar surface area (TPSA) is 78.5 Å². The van der Waals surface area contributed by atoms with Crippen molar-refractivity contribution in [3.63, 3.8) is 0 Å². The average molecular weight is 317 g/mol. The van der Waals surface area contributed by atoms with Gasteiger partial charge in [-0.05, 0) is 43.9 Å². The number of likely N-dealkylation sites (tertiary alicyclic amines) is 1. The first kappa shape index (κ1) is 17.0. The number of nitrogens with one attached hydrogen (secondary N) is 2. The zero-order valence-corrected chi connectivity index (χ0v) is 13.6. The van der Waals surface area contributed by atoms with Crippen LogP contribution in [0, 0.1) is 13.8 Å². The zero-order valence-electron chi connectivity index (χ0n) is 13.6. The summed E-state index contributed by atoms with van der Waals surface area (Å²) in [4.78, 5) is 37.2. The standard InChI is InChI=1S/C17H23N3O3/c1-12-6-5-7-14(13(12)2)19-16(22)10-15(21)18-11-17(23)20-8-3-4-9-20/h5-7H,3-4,8-11H2,1-2H3,(H,18,21)(H,19,22). The highest BCUT2D eigenvalue weighted by Crippen LogP contribution is 2.17. The third kappa shape index (κ3) is 4.81. The van der Waals surface area contributed by atoms with E-state index in [0.717, 1.165) is 37.1 Å². The quantitative estimate of drug-likeness (QED) is 0.805. The largest absolute Gasteiger partial charge is 0.347 e. The van der Waals surface area contributed by atoms with Crippen molar-refractivity contribution in [2.75, 3.05) is 25.0 Å². The molecule has 124 valence electrons. The van der Waals surface area contributed by atoms with E-state index < -0.39 is 5.91 Å². The van der Waals surface area contributed by atoms with E-state index in [2.05, 4.69) is 10.6 Å². The minimum atomic E-state index is -0.444. The predicted octanol–water partition coefficient (Wildman–Crippen LogP) is 1.37. The van der Waals surface area contributed by atoms with Crippen molar-refractivity contribution in [2.24, 2.45) is 0 Å². The molecule has 6 heteroatoms. The number of hydrogen-bond donors (Lipinski definition) is 2. The van der Waals surface area contributed by atoms with Crippen molar-refractivity contribution in [3.8, 4) is 0 Å². The van der Waals surface area contributed by atoms with Crippen LogP contribution in [0.1, 0.15) is 30.4 Å². The van der Waals surface area contributed by atoms with Crippen LogP contribution in [-0.2, 0) is 14.4 Å². The van der Waals surface area contributed by atoms with Gasteiger partial charge in [0.15, 0.2) is 0 Å². The van der Waals surface area contributed by atoms with E-state index in [4.69, 9.17) is 0 Å². The van der Waals surface area contributed by atoms with E-state index in [1.54, 1.807) is 11.0 Å². The molecule has 1 fully saturated rings. The number of benzene rings is 1. The molecule has 23 heavy (non-hydrogen) atoms. The average Bonchev–Trinajstić information content (AvgIpc) is 3.04.